The minimum absolute atomic E-state index is 0.00570. The van der Waals surface area contributed by atoms with Gasteiger partial charge in [0.15, 0.2) is 5.65 Å². The molecule has 0 aliphatic rings. The van der Waals surface area contributed by atoms with Gasteiger partial charge in [-0.3, -0.25) is 19.1 Å². The third-order valence-electron chi connectivity index (χ3n) is 5.15. The molecular weight excluding hydrogens is 440 g/mol. The first-order chi connectivity index (χ1) is 15.7. The average molecular weight is 465 g/mol. The van der Waals surface area contributed by atoms with E-state index in [4.69, 9.17) is 0 Å². The number of anilines is 1. The monoisotopic (exact) mass is 464 g/mol. The molecule has 3 aromatic heterocycles. The number of nitrogens with zero attached hydrogens (tertiary/aromatic N) is 4. The Bertz CT molecular complexity index is 1420. The molecule has 0 aliphatic carbocycles. The van der Waals surface area contributed by atoms with E-state index in [1.165, 1.54) is 16.1 Å². The van der Waals surface area contributed by atoms with Gasteiger partial charge in [-0.2, -0.15) is 0 Å². The Hall–Kier alpha value is -3.66. The van der Waals surface area contributed by atoms with E-state index in [0.29, 0.717) is 17.9 Å². The lowest BCUT2D eigenvalue weighted by Crippen LogP contribution is -2.33. The number of nitrogens with one attached hydrogen (secondary N) is 2. The zero-order valence-corrected chi connectivity index (χ0v) is 19.6. The summed E-state index contributed by atoms with van der Waals surface area (Å²) < 4.78 is 5.29. The number of hydrogen-bond donors (Lipinski definition) is 2. The quantitative estimate of drug-likeness (QED) is 0.449. The molecule has 4 rings (SSSR count). The molecule has 0 aliphatic heterocycles. The lowest BCUT2D eigenvalue weighted by Gasteiger charge is -2.16. The van der Waals surface area contributed by atoms with Crippen molar-refractivity contribution in [3.05, 3.63) is 67.8 Å². The number of rotatable bonds is 6. The van der Waals surface area contributed by atoms with Gasteiger partial charge in [-0.25, -0.2) is 9.78 Å². The summed E-state index contributed by atoms with van der Waals surface area (Å²) in [7, 11) is 0. The molecule has 33 heavy (non-hydrogen) atoms. The Kier molecular flexibility index (Phi) is 6.19. The summed E-state index contributed by atoms with van der Waals surface area (Å²) >= 11 is 1.26. The van der Waals surface area contributed by atoms with Gasteiger partial charge in [-0.05, 0) is 41.6 Å². The normalized spacial score (nSPS) is 11.5. The molecule has 9 nitrogen and oxygen atoms in total. The zero-order chi connectivity index (χ0) is 23.7. The van der Waals surface area contributed by atoms with Crippen LogP contribution in [0, 0.1) is 5.92 Å². The molecule has 0 unspecified atom stereocenters. The molecule has 0 fully saturated rings. The van der Waals surface area contributed by atoms with Crippen LogP contribution in [0.5, 0.6) is 0 Å². The second-order valence-corrected chi connectivity index (χ2v) is 9.14. The predicted molar refractivity (Wildman–Crippen MR) is 129 cm³/mol. The molecule has 3 heterocycles. The van der Waals surface area contributed by atoms with Crippen molar-refractivity contribution in [2.75, 3.05) is 5.32 Å². The molecule has 0 saturated carbocycles. The van der Waals surface area contributed by atoms with Crippen molar-refractivity contribution < 1.29 is 4.79 Å². The number of amides is 1. The smallest absolute Gasteiger partial charge is 0.322 e. The van der Waals surface area contributed by atoms with Crippen LogP contribution in [-0.2, 0) is 6.54 Å². The summed E-state index contributed by atoms with van der Waals surface area (Å²) in [5.74, 6) is -0.313. The number of carbonyl (C=O) groups is 1. The fourth-order valence-corrected chi connectivity index (χ4v) is 3.98. The van der Waals surface area contributed by atoms with E-state index >= 15 is 0 Å². The number of hydrogen-bond acceptors (Lipinski definition) is 7. The Morgan fingerprint density at radius 1 is 1.15 bits per heavy atom. The van der Waals surface area contributed by atoms with Crippen LogP contribution >= 0.6 is 11.5 Å². The maximum absolute atomic E-state index is 13.3. The van der Waals surface area contributed by atoms with Gasteiger partial charge in [0.1, 0.15) is 5.69 Å². The van der Waals surface area contributed by atoms with E-state index in [0.717, 1.165) is 11.3 Å². The highest BCUT2D eigenvalue weighted by molar-refractivity contribution is 7.03. The molecule has 170 valence electrons. The number of fused-ring (bicyclic) bond motifs is 1. The van der Waals surface area contributed by atoms with Gasteiger partial charge in [0.25, 0.3) is 11.5 Å². The van der Waals surface area contributed by atoms with E-state index in [1.807, 2.05) is 45.2 Å². The minimum atomic E-state index is -0.630. The lowest BCUT2D eigenvalue weighted by molar-refractivity contribution is 0.102. The molecule has 10 heteroatoms. The fraction of sp³-hybridized carbons (Fsp3) is 0.304. The first-order valence-electron chi connectivity index (χ1n) is 10.6. The van der Waals surface area contributed by atoms with Crippen LogP contribution in [-0.4, -0.2) is 30.0 Å². The van der Waals surface area contributed by atoms with Crippen LogP contribution in [0.25, 0.3) is 22.3 Å². The third-order valence-corrected chi connectivity index (χ3v) is 5.66. The highest BCUT2D eigenvalue weighted by Crippen LogP contribution is 2.23. The molecule has 1 aromatic carbocycles. The molecule has 0 saturated heterocycles. The second kappa shape index (κ2) is 9.07. The third kappa shape index (κ3) is 4.61. The van der Waals surface area contributed by atoms with E-state index in [-0.39, 0.29) is 28.4 Å². The highest BCUT2D eigenvalue weighted by Gasteiger charge is 2.21. The van der Waals surface area contributed by atoms with Crippen LogP contribution in [0.15, 0.2) is 45.3 Å². The number of benzene rings is 1. The first kappa shape index (κ1) is 22.5. The molecule has 4 aromatic rings. The van der Waals surface area contributed by atoms with Crippen molar-refractivity contribution in [3.63, 3.8) is 0 Å². The van der Waals surface area contributed by atoms with Crippen molar-refractivity contribution in [2.45, 2.75) is 40.2 Å². The van der Waals surface area contributed by atoms with Gasteiger partial charge < -0.3 is 5.32 Å². The van der Waals surface area contributed by atoms with Crippen molar-refractivity contribution in [2.24, 2.45) is 5.92 Å². The van der Waals surface area contributed by atoms with Gasteiger partial charge in [0.05, 0.1) is 10.9 Å². The molecule has 1 amide bonds. The maximum Gasteiger partial charge on any atom is 0.330 e. The van der Waals surface area contributed by atoms with Gasteiger partial charge in [-0.15, -0.1) is 5.10 Å². The van der Waals surface area contributed by atoms with Crippen LogP contribution < -0.4 is 16.6 Å². The molecular formula is C23H24N6O3S. The molecule has 2 N–H and O–H groups in total. The average Bonchev–Trinajstić information content (AvgIpc) is 3.31. The van der Waals surface area contributed by atoms with Crippen molar-refractivity contribution in [1.29, 1.82) is 0 Å². The largest absolute Gasteiger partial charge is 0.330 e. The summed E-state index contributed by atoms with van der Waals surface area (Å²) in [4.78, 5) is 45.5. The van der Waals surface area contributed by atoms with Gasteiger partial charge >= 0.3 is 5.69 Å². The second-order valence-electron chi connectivity index (χ2n) is 8.53. The molecule has 0 radical (unpaired) electrons. The Labute approximate surface area is 193 Å². The van der Waals surface area contributed by atoms with E-state index in [9.17, 15) is 14.4 Å². The maximum atomic E-state index is 13.3. The van der Waals surface area contributed by atoms with Crippen LogP contribution in [0.4, 0.5) is 5.69 Å². The summed E-state index contributed by atoms with van der Waals surface area (Å²) in [6.45, 7) is 8.19. The zero-order valence-electron chi connectivity index (χ0n) is 18.7. The summed E-state index contributed by atoms with van der Waals surface area (Å²) in [6.07, 6.45) is 0. The fourth-order valence-electron chi connectivity index (χ4n) is 3.52. The van der Waals surface area contributed by atoms with E-state index < -0.39 is 17.2 Å². The lowest BCUT2D eigenvalue weighted by atomic mass is 10.0. The predicted octanol–water partition coefficient (Wildman–Crippen LogP) is 3.64. The summed E-state index contributed by atoms with van der Waals surface area (Å²) in [5.41, 5.74) is 2.07. The number of carbonyl (C=O) groups excluding carboxylic acids is 1. The number of aromatic nitrogens is 5. The van der Waals surface area contributed by atoms with E-state index in [1.54, 1.807) is 18.2 Å². The molecule has 0 bridgehead atoms. The minimum Gasteiger partial charge on any atom is -0.322 e. The van der Waals surface area contributed by atoms with Crippen molar-refractivity contribution >= 4 is 34.2 Å². The number of aromatic amines is 1. The van der Waals surface area contributed by atoms with Crippen molar-refractivity contribution in [1.82, 2.24) is 24.1 Å². The molecule has 0 atom stereocenters. The molecule has 0 spiro atoms. The standard InChI is InChI=1S/C23H24N6O3S/c1-12(2)10-29-20-19(22(31)26-23(29)32)16(9-17(25-20)13(3)4)21(30)24-15-7-5-14(6-8-15)18-11-33-28-27-18/h5-9,11-13H,10H2,1-4H3,(H,24,30)(H,26,31,32). The van der Waals surface area contributed by atoms with Crippen LogP contribution in [0.3, 0.4) is 0 Å². The highest BCUT2D eigenvalue weighted by atomic mass is 32.1. The van der Waals surface area contributed by atoms with Crippen LogP contribution in [0.2, 0.25) is 0 Å². The summed E-state index contributed by atoms with van der Waals surface area (Å²) in [5, 5.41) is 8.83. The summed E-state index contributed by atoms with van der Waals surface area (Å²) in [6, 6.07) is 8.82. The Morgan fingerprint density at radius 3 is 2.48 bits per heavy atom. The van der Waals surface area contributed by atoms with Crippen LogP contribution in [0.1, 0.15) is 49.7 Å². The SMILES string of the molecule is CC(C)Cn1c(=O)[nH]c(=O)c2c(C(=O)Nc3ccc(-c4csnn4)cc3)cc(C(C)C)nc21. The first-order valence-corrected chi connectivity index (χ1v) is 11.4. The Morgan fingerprint density at radius 2 is 1.88 bits per heavy atom. The van der Waals surface area contributed by atoms with E-state index in [2.05, 4.69) is 24.9 Å². The van der Waals surface area contributed by atoms with Gasteiger partial charge in [0.2, 0.25) is 0 Å². The number of pyridine rings is 1. The van der Waals surface area contributed by atoms with Gasteiger partial charge in [0, 0.05) is 28.9 Å². The Balaban J connectivity index is 1.79. The van der Waals surface area contributed by atoms with Gasteiger partial charge in [-0.1, -0.05) is 44.3 Å². The number of H-pyrrole nitrogens is 1. The van der Waals surface area contributed by atoms with Crippen molar-refractivity contribution in [3.8, 4) is 11.3 Å². The topological polar surface area (TPSA) is 123 Å².